The summed E-state index contributed by atoms with van der Waals surface area (Å²) >= 11 is 3.41. The quantitative estimate of drug-likeness (QED) is 0.363. The minimum Gasteiger partial charge on any atom is -0.341 e. The molecule has 12 heteroatoms. The zero-order valence-corrected chi connectivity index (χ0v) is 25.9. The lowest BCUT2D eigenvalue weighted by Gasteiger charge is -2.31. The molecule has 3 aromatic rings. The van der Waals surface area contributed by atoms with E-state index >= 15 is 0 Å². The van der Waals surface area contributed by atoms with Crippen molar-refractivity contribution in [1.29, 1.82) is 0 Å². The van der Waals surface area contributed by atoms with Gasteiger partial charge in [0.2, 0.25) is 11.9 Å². The van der Waals surface area contributed by atoms with Crippen LogP contribution in [0, 0.1) is 17.8 Å². The van der Waals surface area contributed by atoms with E-state index in [-0.39, 0.29) is 29.1 Å². The Kier molecular flexibility index (Phi) is 9.50. The molecule has 1 amide bonds. The van der Waals surface area contributed by atoms with Crippen LogP contribution in [0.4, 0.5) is 11.6 Å². The first-order chi connectivity index (χ1) is 20.3. The summed E-state index contributed by atoms with van der Waals surface area (Å²) in [7, 11) is 1.67. The Morgan fingerprint density at radius 2 is 1.83 bits per heavy atom. The number of fused-ring (bicyclic) bond motifs is 1. The summed E-state index contributed by atoms with van der Waals surface area (Å²) in [5.41, 5.74) is 7.09. The molecule has 2 aromatic heterocycles. The zero-order chi connectivity index (χ0) is 29.8. The van der Waals surface area contributed by atoms with Crippen LogP contribution in [0.5, 0.6) is 0 Å². The molecule has 0 saturated carbocycles. The summed E-state index contributed by atoms with van der Waals surface area (Å²) in [6.07, 6.45) is 4.09. The number of halogens is 1. The largest absolute Gasteiger partial charge is 0.341 e. The molecular weight excluding hydrogens is 600 g/mol. The van der Waals surface area contributed by atoms with Gasteiger partial charge in [-0.05, 0) is 82.9 Å². The van der Waals surface area contributed by atoms with Crippen molar-refractivity contribution in [3.8, 4) is 11.8 Å². The van der Waals surface area contributed by atoms with Crippen LogP contribution < -0.4 is 27.2 Å². The van der Waals surface area contributed by atoms with Gasteiger partial charge in [-0.15, -0.1) is 5.92 Å². The fourth-order valence-electron chi connectivity index (χ4n) is 5.95. The highest BCUT2D eigenvalue weighted by atomic mass is 79.9. The lowest BCUT2D eigenvalue weighted by molar-refractivity contribution is -0.121. The van der Waals surface area contributed by atoms with Crippen LogP contribution in [0.1, 0.15) is 39.0 Å². The van der Waals surface area contributed by atoms with E-state index in [9.17, 15) is 14.4 Å². The van der Waals surface area contributed by atoms with Crippen LogP contribution in [0.15, 0.2) is 38.3 Å². The van der Waals surface area contributed by atoms with Gasteiger partial charge in [-0.2, -0.15) is 4.98 Å². The average Bonchev–Trinajstić information content (AvgIpc) is 3.38. The first-order valence-electron chi connectivity index (χ1n) is 14.7. The Labute approximate surface area is 253 Å². The SMILES string of the molecule is CC#CCn1c(N2CCC[C@@H](N)C2)nc2c1c(=O)n(CCCN1CCC(C(=O)Nc3ccc(Br)cc3)CC1)c(=O)n2C. The second-order valence-electron chi connectivity index (χ2n) is 11.2. The third-order valence-corrected chi connectivity index (χ3v) is 8.82. The third-order valence-electron chi connectivity index (χ3n) is 8.29. The van der Waals surface area contributed by atoms with Crippen LogP contribution in [0.25, 0.3) is 11.2 Å². The van der Waals surface area contributed by atoms with Crippen molar-refractivity contribution in [3.63, 3.8) is 0 Å². The van der Waals surface area contributed by atoms with Crippen LogP contribution >= 0.6 is 15.9 Å². The molecule has 3 N–H and O–H groups in total. The van der Waals surface area contributed by atoms with E-state index in [1.165, 1.54) is 9.13 Å². The maximum absolute atomic E-state index is 13.8. The number of nitrogens with one attached hydrogen (secondary N) is 1. The van der Waals surface area contributed by atoms with Gasteiger partial charge in [0.15, 0.2) is 11.2 Å². The fraction of sp³-hybridized carbons (Fsp3) is 0.533. The summed E-state index contributed by atoms with van der Waals surface area (Å²) in [6.45, 7) is 6.16. The molecule has 0 bridgehead atoms. The van der Waals surface area contributed by atoms with E-state index in [4.69, 9.17) is 10.7 Å². The van der Waals surface area contributed by atoms with Gasteiger partial charge >= 0.3 is 5.69 Å². The summed E-state index contributed by atoms with van der Waals surface area (Å²) < 4.78 is 5.60. The third kappa shape index (κ3) is 6.48. The van der Waals surface area contributed by atoms with E-state index in [0.29, 0.717) is 43.2 Å². The predicted molar refractivity (Wildman–Crippen MR) is 169 cm³/mol. The molecule has 2 aliphatic heterocycles. The lowest BCUT2D eigenvalue weighted by Crippen LogP contribution is -2.44. The molecule has 2 aliphatic rings. The number of rotatable bonds is 8. The first kappa shape index (κ1) is 30.1. The van der Waals surface area contributed by atoms with E-state index in [0.717, 1.165) is 62.0 Å². The number of anilines is 2. The molecule has 1 atom stereocenters. The van der Waals surface area contributed by atoms with Gasteiger partial charge in [-0.25, -0.2) is 4.79 Å². The lowest BCUT2D eigenvalue weighted by atomic mass is 9.95. The molecule has 4 heterocycles. The number of imidazole rings is 1. The highest BCUT2D eigenvalue weighted by molar-refractivity contribution is 9.10. The number of piperidine rings is 2. The minimum absolute atomic E-state index is 0.0302. The van der Waals surface area contributed by atoms with Crippen molar-refractivity contribution in [2.75, 3.05) is 42.9 Å². The molecule has 0 radical (unpaired) electrons. The molecule has 0 aliphatic carbocycles. The number of nitrogens with two attached hydrogens (primary N) is 1. The van der Waals surface area contributed by atoms with Gasteiger partial charge in [0.25, 0.3) is 5.56 Å². The Morgan fingerprint density at radius 1 is 1.10 bits per heavy atom. The number of hydrogen-bond donors (Lipinski definition) is 2. The Hall–Kier alpha value is -3.40. The number of carbonyl (C=O) groups excluding carboxylic acids is 1. The molecule has 1 aromatic carbocycles. The molecule has 2 saturated heterocycles. The van der Waals surface area contributed by atoms with Crippen LogP contribution in [0.3, 0.4) is 0 Å². The summed E-state index contributed by atoms with van der Waals surface area (Å²) in [4.78, 5) is 48.9. The molecule has 0 unspecified atom stereocenters. The summed E-state index contributed by atoms with van der Waals surface area (Å²) in [5, 5.41) is 3.01. The van der Waals surface area contributed by atoms with Gasteiger partial charge in [0.05, 0.1) is 6.54 Å². The molecule has 0 spiro atoms. The zero-order valence-electron chi connectivity index (χ0n) is 24.3. The molecule has 11 nitrogen and oxygen atoms in total. The Bertz CT molecular complexity index is 1610. The second-order valence-corrected chi connectivity index (χ2v) is 12.1. The summed E-state index contributed by atoms with van der Waals surface area (Å²) in [5.74, 6) is 6.64. The van der Waals surface area contributed by atoms with Crippen LogP contribution in [-0.4, -0.2) is 68.3 Å². The van der Waals surface area contributed by atoms with E-state index in [2.05, 4.69) is 42.9 Å². The molecular formula is C30H39BrN8O3. The van der Waals surface area contributed by atoms with Gasteiger partial charge < -0.3 is 20.9 Å². The number of amides is 1. The molecule has 2 fully saturated rings. The molecule has 42 heavy (non-hydrogen) atoms. The van der Waals surface area contributed by atoms with E-state index in [1.807, 2.05) is 28.8 Å². The fourth-order valence-corrected chi connectivity index (χ4v) is 6.21. The molecule has 5 rings (SSSR count). The minimum atomic E-state index is -0.371. The van der Waals surface area contributed by atoms with E-state index < -0.39 is 0 Å². The van der Waals surface area contributed by atoms with Gasteiger partial charge in [0.1, 0.15) is 0 Å². The highest BCUT2D eigenvalue weighted by Gasteiger charge is 2.27. The Balaban J connectivity index is 1.26. The number of likely N-dealkylation sites (tertiary alicyclic amines) is 1. The van der Waals surface area contributed by atoms with Crippen molar-refractivity contribution in [2.24, 2.45) is 18.7 Å². The summed E-state index contributed by atoms with van der Waals surface area (Å²) in [6, 6.07) is 7.62. The first-order valence-corrected chi connectivity index (χ1v) is 15.4. The molecule has 224 valence electrons. The Morgan fingerprint density at radius 3 is 2.52 bits per heavy atom. The number of benzene rings is 1. The predicted octanol–water partition coefficient (Wildman–Crippen LogP) is 2.35. The standard InChI is InChI=1S/C30H39BrN8O3/c1-3-4-16-38-25-26(34-29(38)37-15-5-7-23(32)20-37)35(2)30(42)39(28(25)41)17-6-14-36-18-12-21(13-19-36)27(40)33-24-10-8-22(31)9-11-24/h8-11,21,23H,5-7,12-20,32H2,1-2H3,(H,33,40)/t23-/m1/s1. The van der Waals surface area contributed by atoms with Crippen LogP contribution in [0.2, 0.25) is 0 Å². The normalized spacial score (nSPS) is 18.2. The smallest absolute Gasteiger partial charge is 0.332 e. The number of carbonyl (C=O) groups is 1. The van der Waals surface area contributed by atoms with Gasteiger partial charge in [0, 0.05) is 48.8 Å². The van der Waals surface area contributed by atoms with Gasteiger partial charge in [-0.1, -0.05) is 21.9 Å². The van der Waals surface area contributed by atoms with Crippen molar-refractivity contribution in [1.82, 2.24) is 23.6 Å². The van der Waals surface area contributed by atoms with Crippen molar-refractivity contribution in [3.05, 3.63) is 49.6 Å². The number of aryl methyl sites for hydroxylation is 1. The van der Waals surface area contributed by atoms with Crippen molar-refractivity contribution in [2.45, 2.75) is 58.2 Å². The van der Waals surface area contributed by atoms with Gasteiger partial charge in [-0.3, -0.25) is 23.3 Å². The topological polar surface area (TPSA) is 123 Å². The number of aromatic nitrogens is 4. The average molecular weight is 640 g/mol. The second kappa shape index (κ2) is 13.3. The maximum atomic E-state index is 13.8. The highest BCUT2D eigenvalue weighted by Crippen LogP contribution is 2.23. The maximum Gasteiger partial charge on any atom is 0.332 e. The van der Waals surface area contributed by atoms with E-state index in [1.54, 1.807) is 14.0 Å². The number of nitrogens with zero attached hydrogens (tertiary/aromatic N) is 6. The number of hydrogen-bond acceptors (Lipinski definition) is 7. The van der Waals surface area contributed by atoms with Crippen molar-refractivity contribution >= 4 is 44.6 Å². The van der Waals surface area contributed by atoms with Crippen molar-refractivity contribution < 1.29 is 4.79 Å². The van der Waals surface area contributed by atoms with Crippen LogP contribution in [-0.2, 0) is 24.9 Å². The monoisotopic (exact) mass is 638 g/mol.